The van der Waals surface area contributed by atoms with Gasteiger partial charge in [0, 0.05) is 26.3 Å². The van der Waals surface area contributed by atoms with E-state index >= 15 is 0 Å². The molecule has 0 bridgehead atoms. The first-order valence-corrected chi connectivity index (χ1v) is 7.18. The molecule has 1 aromatic heterocycles. The molecule has 0 saturated carbocycles. The zero-order valence-electron chi connectivity index (χ0n) is 12.2. The van der Waals surface area contributed by atoms with Crippen LogP contribution in [0.5, 0.6) is 0 Å². The highest BCUT2D eigenvalue weighted by Gasteiger charge is 2.45. The van der Waals surface area contributed by atoms with E-state index in [1.165, 1.54) is 0 Å². The van der Waals surface area contributed by atoms with Gasteiger partial charge >= 0.3 is 6.03 Å². The quantitative estimate of drug-likeness (QED) is 0.832. The van der Waals surface area contributed by atoms with Gasteiger partial charge in [-0.25, -0.2) is 14.8 Å². The highest BCUT2D eigenvalue weighted by molar-refractivity contribution is 5.90. The Morgan fingerprint density at radius 2 is 2.29 bits per heavy atom. The van der Waals surface area contributed by atoms with E-state index in [-0.39, 0.29) is 23.9 Å². The van der Waals surface area contributed by atoms with Gasteiger partial charge in [-0.05, 0) is 25.8 Å². The van der Waals surface area contributed by atoms with Gasteiger partial charge in [0.05, 0.1) is 12.0 Å². The highest BCUT2D eigenvalue weighted by atomic mass is 16.2. The number of piperidine rings is 1. The molecule has 0 aliphatic carbocycles. The van der Waals surface area contributed by atoms with Crippen LogP contribution in [0.3, 0.4) is 0 Å². The van der Waals surface area contributed by atoms with Gasteiger partial charge in [0.2, 0.25) is 5.91 Å². The monoisotopic (exact) mass is 289 g/mol. The molecule has 7 heteroatoms. The Hall–Kier alpha value is -2.18. The summed E-state index contributed by atoms with van der Waals surface area (Å²) in [7, 11) is 1.80. The number of nitrogens with one attached hydrogen (secondary N) is 1. The van der Waals surface area contributed by atoms with Crippen molar-refractivity contribution in [2.75, 3.05) is 25.5 Å². The largest absolute Gasteiger partial charge is 0.343 e. The molecule has 21 heavy (non-hydrogen) atoms. The SMILES string of the molecule is Cc1nccc(NC(=O)N2CCC[C@H]3C(=O)N(C)C[C@H]32)n1. The molecule has 0 radical (unpaired) electrons. The number of nitrogens with zero attached hydrogens (tertiary/aromatic N) is 4. The number of rotatable bonds is 1. The fourth-order valence-corrected chi connectivity index (χ4v) is 3.18. The summed E-state index contributed by atoms with van der Waals surface area (Å²) in [5.74, 6) is 1.20. The third-order valence-electron chi connectivity index (χ3n) is 4.21. The average Bonchev–Trinajstić information content (AvgIpc) is 2.74. The Bertz CT molecular complexity index is 576. The van der Waals surface area contributed by atoms with Crippen LogP contribution in [0.4, 0.5) is 10.6 Å². The number of anilines is 1. The van der Waals surface area contributed by atoms with Gasteiger partial charge in [-0.2, -0.15) is 0 Å². The number of aromatic nitrogens is 2. The number of amides is 3. The van der Waals surface area contributed by atoms with E-state index in [2.05, 4.69) is 15.3 Å². The molecule has 112 valence electrons. The Kier molecular flexibility index (Phi) is 3.48. The van der Waals surface area contributed by atoms with Crippen molar-refractivity contribution >= 4 is 17.8 Å². The Labute approximate surface area is 123 Å². The van der Waals surface area contributed by atoms with Gasteiger partial charge in [0.1, 0.15) is 11.6 Å². The number of hydrogen-bond donors (Lipinski definition) is 1. The van der Waals surface area contributed by atoms with Gasteiger partial charge in [-0.3, -0.25) is 10.1 Å². The van der Waals surface area contributed by atoms with Crippen LogP contribution in [-0.2, 0) is 4.79 Å². The second kappa shape index (κ2) is 5.31. The number of likely N-dealkylation sites (tertiary alicyclic amines) is 2. The second-order valence-electron chi connectivity index (χ2n) is 5.65. The van der Waals surface area contributed by atoms with E-state index in [1.54, 1.807) is 36.0 Å². The maximum atomic E-state index is 12.5. The molecular weight excluding hydrogens is 270 g/mol. The second-order valence-corrected chi connectivity index (χ2v) is 5.65. The molecule has 2 aliphatic rings. The number of hydrogen-bond acceptors (Lipinski definition) is 4. The molecule has 0 aromatic carbocycles. The molecule has 1 N–H and O–H groups in total. The molecule has 1 aromatic rings. The lowest BCUT2D eigenvalue weighted by Crippen LogP contribution is -2.50. The van der Waals surface area contributed by atoms with E-state index in [0.717, 1.165) is 12.8 Å². The number of aryl methyl sites for hydroxylation is 1. The molecule has 3 amide bonds. The number of fused-ring (bicyclic) bond motifs is 1. The number of urea groups is 1. The minimum absolute atomic E-state index is 0.0285. The summed E-state index contributed by atoms with van der Waals surface area (Å²) in [6.07, 6.45) is 3.34. The van der Waals surface area contributed by atoms with Crippen LogP contribution in [0.25, 0.3) is 0 Å². The average molecular weight is 289 g/mol. The third-order valence-corrected chi connectivity index (χ3v) is 4.21. The summed E-state index contributed by atoms with van der Waals surface area (Å²) in [5, 5.41) is 2.80. The first kappa shape index (κ1) is 13.8. The van der Waals surface area contributed by atoms with Crippen LogP contribution in [0.15, 0.2) is 12.3 Å². The molecular formula is C14H19N5O2. The molecule has 7 nitrogen and oxygen atoms in total. The minimum Gasteiger partial charge on any atom is -0.343 e. The van der Waals surface area contributed by atoms with Crippen molar-refractivity contribution in [3.05, 3.63) is 18.1 Å². The number of likely N-dealkylation sites (N-methyl/N-ethyl adjacent to an activating group) is 1. The predicted molar refractivity (Wildman–Crippen MR) is 76.6 cm³/mol. The van der Waals surface area contributed by atoms with Gasteiger partial charge in [-0.15, -0.1) is 0 Å². The lowest BCUT2D eigenvalue weighted by molar-refractivity contribution is -0.130. The summed E-state index contributed by atoms with van der Waals surface area (Å²) in [4.78, 5) is 36.2. The van der Waals surface area contributed by atoms with Crippen molar-refractivity contribution in [1.82, 2.24) is 19.8 Å². The zero-order valence-corrected chi connectivity index (χ0v) is 12.2. The Balaban J connectivity index is 1.74. The van der Waals surface area contributed by atoms with Crippen LogP contribution < -0.4 is 5.32 Å². The van der Waals surface area contributed by atoms with Gasteiger partial charge < -0.3 is 9.80 Å². The zero-order chi connectivity index (χ0) is 15.0. The van der Waals surface area contributed by atoms with Crippen molar-refractivity contribution in [2.45, 2.75) is 25.8 Å². The van der Waals surface area contributed by atoms with Crippen molar-refractivity contribution < 1.29 is 9.59 Å². The summed E-state index contributed by atoms with van der Waals surface area (Å²) in [6, 6.07) is 1.45. The summed E-state index contributed by atoms with van der Waals surface area (Å²) in [6.45, 7) is 3.06. The van der Waals surface area contributed by atoms with Crippen molar-refractivity contribution in [3.8, 4) is 0 Å². The van der Waals surface area contributed by atoms with Crippen molar-refractivity contribution in [3.63, 3.8) is 0 Å². The molecule has 0 spiro atoms. The summed E-state index contributed by atoms with van der Waals surface area (Å²) >= 11 is 0. The highest BCUT2D eigenvalue weighted by Crippen LogP contribution is 2.31. The van der Waals surface area contributed by atoms with Crippen molar-refractivity contribution in [1.29, 1.82) is 0 Å². The summed E-state index contributed by atoms with van der Waals surface area (Å²) in [5.41, 5.74) is 0. The first-order valence-electron chi connectivity index (χ1n) is 7.18. The van der Waals surface area contributed by atoms with Crippen LogP contribution in [0, 0.1) is 12.8 Å². The number of carbonyl (C=O) groups is 2. The standard InChI is InChI=1S/C14H19N5O2/c1-9-15-6-5-12(16-9)17-14(21)19-7-3-4-10-11(19)8-18(2)13(10)20/h5-6,10-11H,3-4,7-8H2,1-2H3,(H,15,16,17,21)/t10-,11-/m1/s1. The normalized spacial score (nSPS) is 25.0. The smallest absolute Gasteiger partial charge is 0.323 e. The third kappa shape index (κ3) is 2.55. The molecule has 2 atom stereocenters. The maximum Gasteiger partial charge on any atom is 0.323 e. The molecule has 3 rings (SSSR count). The minimum atomic E-state index is -0.189. The Morgan fingerprint density at radius 1 is 1.48 bits per heavy atom. The topological polar surface area (TPSA) is 78.4 Å². The van der Waals surface area contributed by atoms with Gasteiger partial charge in [-0.1, -0.05) is 0 Å². The van der Waals surface area contributed by atoms with Crippen LogP contribution in [0.2, 0.25) is 0 Å². The fourth-order valence-electron chi connectivity index (χ4n) is 3.18. The predicted octanol–water partition coefficient (Wildman–Crippen LogP) is 0.870. The molecule has 2 fully saturated rings. The van der Waals surface area contributed by atoms with Gasteiger partial charge in [0.15, 0.2) is 0 Å². The fraction of sp³-hybridized carbons (Fsp3) is 0.571. The Morgan fingerprint density at radius 3 is 3.05 bits per heavy atom. The summed E-state index contributed by atoms with van der Waals surface area (Å²) < 4.78 is 0. The van der Waals surface area contributed by atoms with E-state index in [9.17, 15) is 9.59 Å². The van der Waals surface area contributed by atoms with E-state index in [1.807, 2.05) is 0 Å². The molecule has 0 unspecified atom stereocenters. The van der Waals surface area contributed by atoms with Crippen LogP contribution >= 0.6 is 0 Å². The number of carbonyl (C=O) groups excluding carboxylic acids is 2. The first-order chi connectivity index (χ1) is 10.1. The molecule has 2 aliphatic heterocycles. The van der Waals surface area contributed by atoms with E-state index in [4.69, 9.17) is 0 Å². The van der Waals surface area contributed by atoms with Crippen LogP contribution in [0.1, 0.15) is 18.7 Å². The van der Waals surface area contributed by atoms with Gasteiger partial charge in [0.25, 0.3) is 0 Å². The van der Waals surface area contributed by atoms with E-state index in [0.29, 0.717) is 24.7 Å². The molecule has 2 saturated heterocycles. The lowest BCUT2D eigenvalue weighted by atomic mass is 9.92. The van der Waals surface area contributed by atoms with E-state index < -0.39 is 0 Å². The van der Waals surface area contributed by atoms with Crippen LogP contribution in [-0.4, -0.2) is 57.9 Å². The lowest BCUT2D eigenvalue weighted by Gasteiger charge is -2.35. The molecule has 3 heterocycles. The van der Waals surface area contributed by atoms with Crippen molar-refractivity contribution in [2.24, 2.45) is 5.92 Å². The maximum absolute atomic E-state index is 12.5.